The van der Waals surface area contributed by atoms with Gasteiger partial charge < -0.3 is 18.6 Å². The van der Waals surface area contributed by atoms with Gasteiger partial charge in [-0.15, -0.1) is 0 Å². The van der Waals surface area contributed by atoms with Crippen LogP contribution < -0.4 is 4.74 Å². The zero-order valence-corrected chi connectivity index (χ0v) is 26.0. The van der Waals surface area contributed by atoms with Crippen LogP contribution in [0.25, 0.3) is 0 Å². The van der Waals surface area contributed by atoms with Crippen LogP contribution in [0.5, 0.6) is 5.75 Å². The van der Waals surface area contributed by atoms with Crippen LogP contribution in [0, 0.1) is 5.92 Å². The van der Waals surface area contributed by atoms with Gasteiger partial charge in [0.25, 0.3) is 0 Å². The molecular formula is C31H54O5Si. The highest BCUT2D eigenvalue weighted by Gasteiger charge is 2.49. The van der Waals surface area contributed by atoms with Gasteiger partial charge in [0.1, 0.15) is 12.4 Å². The molecule has 6 heteroatoms. The second-order valence-electron chi connectivity index (χ2n) is 11.1. The van der Waals surface area contributed by atoms with E-state index < -0.39 is 8.32 Å². The van der Waals surface area contributed by atoms with E-state index >= 15 is 0 Å². The van der Waals surface area contributed by atoms with E-state index in [0.29, 0.717) is 23.2 Å². The Labute approximate surface area is 228 Å². The third-order valence-electron chi connectivity index (χ3n) is 7.59. The van der Waals surface area contributed by atoms with Crippen molar-refractivity contribution in [1.82, 2.24) is 0 Å². The molecule has 0 aliphatic rings. The van der Waals surface area contributed by atoms with Crippen LogP contribution in [0.15, 0.2) is 36.9 Å². The normalized spacial score (nSPS) is 14.6. The van der Waals surface area contributed by atoms with Gasteiger partial charge in [0.15, 0.2) is 0 Å². The Morgan fingerprint density at radius 3 is 2.03 bits per heavy atom. The Hall–Kier alpha value is -1.63. The number of unbranched alkanes of at least 4 members (excludes halogenated alkanes) is 3. The van der Waals surface area contributed by atoms with E-state index in [2.05, 4.69) is 55.0 Å². The molecule has 0 unspecified atom stereocenters. The monoisotopic (exact) mass is 534 g/mol. The molecule has 212 valence electrons. The van der Waals surface area contributed by atoms with Crippen LogP contribution in [0.1, 0.15) is 93.1 Å². The number of methoxy groups -OCH3 is 1. The smallest absolute Gasteiger partial charge is 0.311 e. The first kappa shape index (κ1) is 33.4. The van der Waals surface area contributed by atoms with Crippen molar-refractivity contribution >= 4 is 14.3 Å². The van der Waals surface area contributed by atoms with E-state index in [-0.39, 0.29) is 30.7 Å². The van der Waals surface area contributed by atoms with Crippen LogP contribution in [-0.4, -0.2) is 40.2 Å². The van der Waals surface area contributed by atoms with Crippen molar-refractivity contribution in [2.45, 2.75) is 123 Å². The SMILES string of the molecule is C=CCOC(=O)[C@H](CCCCCC)[C@@H](O[Si](C(C)C)(C(C)C)C(C)C)[C@H](C)OCc1ccc(OC)cc1. The Bertz CT molecular complexity index is 753. The second kappa shape index (κ2) is 17.1. The molecule has 0 aliphatic heterocycles. The van der Waals surface area contributed by atoms with Gasteiger partial charge in [-0.2, -0.15) is 0 Å². The van der Waals surface area contributed by atoms with Crippen molar-refractivity contribution in [3.8, 4) is 5.75 Å². The molecule has 0 N–H and O–H groups in total. The first-order chi connectivity index (χ1) is 17.5. The summed E-state index contributed by atoms with van der Waals surface area (Å²) in [4.78, 5) is 13.4. The Morgan fingerprint density at radius 1 is 0.946 bits per heavy atom. The predicted octanol–water partition coefficient (Wildman–Crippen LogP) is 8.48. The summed E-state index contributed by atoms with van der Waals surface area (Å²) in [5, 5.41) is 0. The van der Waals surface area contributed by atoms with Gasteiger partial charge in [-0.05, 0) is 47.7 Å². The molecule has 0 amide bonds. The van der Waals surface area contributed by atoms with Crippen LogP contribution >= 0.6 is 0 Å². The van der Waals surface area contributed by atoms with Crippen molar-refractivity contribution in [1.29, 1.82) is 0 Å². The fourth-order valence-corrected chi connectivity index (χ4v) is 11.3. The first-order valence-corrected chi connectivity index (χ1v) is 16.4. The molecule has 0 saturated heterocycles. The van der Waals surface area contributed by atoms with Crippen LogP contribution in [0.3, 0.4) is 0 Å². The van der Waals surface area contributed by atoms with E-state index in [1.165, 1.54) is 0 Å². The fraction of sp³-hybridized carbons (Fsp3) is 0.710. The van der Waals surface area contributed by atoms with Crippen molar-refractivity contribution in [3.05, 3.63) is 42.5 Å². The van der Waals surface area contributed by atoms with Gasteiger partial charge in [0.05, 0.1) is 31.8 Å². The third kappa shape index (κ3) is 9.88. The van der Waals surface area contributed by atoms with Crippen LogP contribution in [0.4, 0.5) is 0 Å². The fourth-order valence-electron chi connectivity index (χ4n) is 5.65. The lowest BCUT2D eigenvalue weighted by atomic mass is 9.92. The summed E-state index contributed by atoms with van der Waals surface area (Å²) < 4.78 is 24.7. The molecule has 3 atom stereocenters. The quantitative estimate of drug-likeness (QED) is 0.0771. The lowest BCUT2D eigenvalue weighted by Crippen LogP contribution is -2.55. The Morgan fingerprint density at radius 2 is 1.54 bits per heavy atom. The molecule has 1 aromatic rings. The molecule has 0 fully saturated rings. The van der Waals surface area contributed by atoms with Gasteiger partial charge in [-0.3, -0.25) is 4.79 Å². The molecule has 1 rings (SSSR count). The molecule has 0 heterocycles. The van der Waals surface area contributed by atoms with E-state index in [1.807, 2.05) is 31.2 Å². The maximum atomic E-state index is 13.4. The summed E-state index contributed by atoms with van der Waals surface area (Å²) in [6.45, 7) is 22.3. The summed E-state index contributed by atoms with van der Waals surface area (Å²) in [5.41, 5.74) is 2.25. The Kier molecular flexibility index (Phi) is 15.4. The van der Waals surface area contributed by atoms with Crippen molar-refractivity contribution < 1.29 is 23.4 Å². The van der Waals surface area contributed by atoms with Crippen molar-refractivity contribution in [2.75, 3.05) is 13.7 Å². The first-order valence-electron chi connectivity index (χ1n) is 14.2. The minimum atomic E-state index is -2.29. The largest absolute Gasteiger partial charge is 0.497 e. The number of carbonyl (C=O) groups excluding carboxylic acids is 1. The Balaban J connectivity index is 3.36. The second-order valence-corrected chi connectivity index (χ2v) is 16.5. The van der Waals surface area contributed by atoms with Gasteiger partial charge in [0, 0.05) is 0 Å². The van der Waals surface area contributed by atoms with Gasteiger partial charge in [-0.1, -0.05) is 98.9 Å². The molecule has 1 aromatic carbocycles. The van der Waals surface area contributed by atoms with Crippen LogP contribution in [-0.2, 0) is 25.3 Å². The van der Waals surface area contributed by atoms with Gasteiger partial charge in [-0.25, -0.2) is 0 Å². The zero-order chi connectivity index (χ0) is 28.0. The summed E-state index contributed by atoms with van der Waals surface area (Å²) in [7, 11) is -0.630. The highest BCUT2D eigenvalue weighted by atomic mass is 28.4. The number of hydrogen-bond acceptors (Lipinski definition) is 5. The summed E-state index contributed by atoms with van der Waals surface area (Å²) >= 11 is 0. The molecule has 37 heavy (non-hydrogen) atoms. The lowest BCUT2D eigenvalue weighted by Gasteiger charge is -2.47. The molecule has 5 nitrogen and oxygen atoms in total. The number of rotatable bonds is 19. The summed E-state index contributed by atoms with van der Waals surface area (Å²) in [6.07, 6.45) is 6.07. The number of hydrogen-bond donors (Lipinski definition) is 0. The zero-order valence-electron chi connectivity index (χ0n) is 25.0. The third-order valence-corrected chi connectivity index (χ3v) is 13.7. The van der Waals surface area contributed by atoms with E-state index in [1.54, 1.807) is 13.2 Å². The number of esters is 1. The van der Waals surface area contributed by atoms with Crippen molar-refractivity contribution in [3.63, 3.8) is 0 Å². The molecule has 0 aromatic heterocycles. The van der Waals surface area contributed by atoms with E-state index in [0.717, 1.165) is 43.4 Å². The molecule has 0 radical (unpaired) electrons. The molecule has 0 spiro atoms. The number of ether oxygens (including phenoxy) is 3. The highest BCUT2D eigenvalue weighted by molar-refractivity contribution is 6.77. The average molecular weight is 535 g/mol. The predicted molar refractivity (Wildman–Crippen MR) is 157 cm³/mol. The standard InChI is InChI=1S/C31H54O5Si/c1-11-13-14-15-16-29(31(32)34-21-12-2)30(36-37(23(3)4,24(5)6)25(7)8)26(9)35-22-27-17-19-28(33-10)20-18-27/h12,17-20,23-26,29-30H,2,11,13-16,21-22H2,1,3-10H3/t26-,29+,30-/m0/s1. The highest BCUT2D eigenvalue weighted by Crippen LogP contribution is 2.44. The minimum absolute atomic E-state index is 0.208. The van der Waals surface area contributed by atoms with E-state index in [4.69, 9.17) is 18.6 Å². The van der Waals surface area contributed by atoms with Gasteiger partial charge >= 0.3 is 5.97 Å². The number of carbonyl (C=O) groups is 1. The van der Waals surface area contributed by atoms with E-state index in [9.17, 15) is 4.79 Å². The van der Waals surface area contributed by atoms with Crippen molar-refractivity contribution in [2.24, 2.45) is 5.92 Å². The lowest BCUT2D eigenvalue weighted by molar-refractivity contribution is -0.156. The topological polar surface area (TPSA) is 54.0 Å². The summed E-state index contributed by atoms with van der Waals surface area (Å²) in [5.74, 6) is 0.225. The summed E-state index contributed by atoms with van der Waals surface area (Å²) in [6, 6.07) is 7.90. The minimum Gasteiger partial charge on any atom is -0.497 e. The molecule has 0 aliphatic carbocycles. The molecule has 0 bridgehead atoms. The molecule has 0 saturated carbocycles. The average Bonchev–Trinajstić information content (AvgIpc) is 2.86. The van der Waals surface area contributed by atoms with Crippen LogP contribution in [0.2, 0.25) is 16.6 Å². The maximum Gasteiger partial charge on any atom is 0.311 e. The van der Waals surface area contributed by atoms with Gasteiger partial charge in [0.2, 0.25) is 8.32 Å². The molecular weight excluding hydrogens is 480 g/mol. The maximum absolute atomic E-state index is 13.4. The number of benzene rings is 1.